The number of nitrogens with zero attached hydrogens (tertiary/aromatic N) is 2. The highest BCUT2D eigenvalue weighted by molar-refractivity contribution is 6.47. The van der Waals surface area contributed by atoms with Crippen molar-refractivity contribution in [3.63, 3.8) is 0 Å². The summed E-state index contributed by atoms with van der Waals surface area (Å²) in [5.41, 5.74) is 2.20. The highest BCUT2D eigenvalue weighted by Gasteiger charge is 2.51. The molecule has 0 aromatic heterocycles. The number of ether oxygens (including phenoxy) is 1. The van der Waals surface area contributed by atoms with Gasteiger partial charge in [-0.25, -0.2) is 4.79 Å². The lowest BCUT2D eigenvalue weighted by molar-refractivity contribution is -0.133. The molecule has 0 radical (unpaired) electrons. The van der Waals surface area contributed by atoms with Crippen molar-refractivity contribution in [1.82, 2.24) is 4.90 Å². The first-order valence-corrected chi connectivity index (χ1v) is 12.5. The van der Waals surface area contributed by atoms with Gasteiger partial charge >= 0.3 is 5.97 Å². The van der Waals surface area contributed by atoms with E-state index in [1.165, 1.54) is 7.11 Å². The summed E-state index contributed by atoms with van der Waals surface area (Å²) >= 11 is 6.26. The third-order valence-electron chi connectivity index (χ3n) is 7.48. The van der Waals surface area contributed by atoms with E-state index in [0.717, 1.165) is 43.2 Å². The first-order valence-electron chi connectivity index (χ1n) is 12.2. The Morgan fingerprint density at radius 3 is 2.41 bits per heavy atom. The van der Waals surface area contributed by atoms with Gasteiger partial charge in [-0.3, -0.25) is 9.79 Å². The van der Waals surface area contributed by atoms with Crippen molar-refractivity contribution in [1.29, 1.82) is 0 Å². The molecule has 1 aliphatic heterocycles. The summed E-state index contributed by atoms with van der Waals surface area (Å²) in [5.74, 6) is 0.848. The Hall–Kier alpha value is -2.66. The zero-order valence-electron chi connectivity index (χ0n) is 20.4. The molecule has 5 nitrogen and oxygen atoms in total. The molecule has 1 fully saturated rings. The van der Waals surface area contributed by atoms with Crippen LogP contribution in [0.5, 0.6) is 0 Å². The highest BCUT2D eigenvalue weighted by atomic mass is 35.5. The Labute approximate surface area is 207 Å². The van der Waals surface area contributed by atoms with E-state index >= 15 is 0 Å². The van der Waals surface area contributed by atoms with Gasteiger partial charge in [0.1, 0.15) is 11.4 Å². The lowest BCUT2D eigenvalue weighted by Gasteiger charge is -2.46. The smallest absolute Gasteiger partial charge is 0.337 e. The van der Waals surface area contributed by atoms with Gasteiger partial charge in [-0.05, 0) is 73.8 Å². The summed E-state index contributed by atoms with van der Waals surface area (Å²) in [4.78, 5) is 33.1. The lowest BCUT2D eigenvalue weighted by atomic mass is 9.76. The van der Waals surface area contributed by atoms with Gasteiger partial charge in [-0.2, -0.15) is 0 Å². The first kappa shape index (κ1) is 24.5. The number of esters is 1. The predicted molar refractivity (Wildman–Crippen MR) is 135 cm³/mol. The average Bonchev–Trinajstić information content (AvgIpc) is 3.11. The second kappa shape index (κ2) is 9.91. The fourth-order valence-corrected chi connectivity index (χ4v) is 5.71. The Morgan fingerprint density at radius 1 is 1.18 bits per heavy atom. The van der Waals surface area contributed by atoms with Crippen molar-refractivity contribution in [2.45, 2.75) is 64.6 Å². The third-order valence-corrected chi connectivity index (χ3v) is 7.71. The Balaban J connectivity index is 1.74. The largest absolute Gasteiger partial charge is 0.465 e. The minimum absolute atomic E-state index is 0.0471. The topological polar surface area (TPSA) is 59.0 Å². The number of amides is 1. The van der Waals surface area contributed by atoms with Crippen LogP contribution in [0.15, 0.2) is 53.5 Å². The van der Waals surface area contributed by atoms with Crippen LogP contribution in [0.4, 0.5) is 0 Å². The summed E-state index contributed by atoms with van der Waals surface area (Å²) in [6.07, 6.45) is 4.54. The SMILES string of the molecule is CCC(c1ccc(C(=O)OC)cc1)N1C(=O)C(c2cccc(Cl)c2)=NC12CCC(C(C)C)CC2. The van der Waals surface area contributed by atoms with E-state index in [0.29, 0.717) is 28.1 Å². The van der Waals surface area contributed by atoms with Crippen LogP contribution < -0.4 is 0 Å². The van der Waals surface area contributed by atoms with Crippen LogP contribution in [0.1, 0.15) is 80.4 Å². The minimum Gasteiger partial charge on any atom is -0.465 e. The van der Waals surface area contributed by atoms with E-state index in [4.69, 9.17) is 21.3 Å². The van der Waals surface area contributed by atoms with Gasteiger partial charge < -0.3 is 9.64 Å². The predicted octanol–water partition coefficient (Wildman–Crippen LogP) is 6.45. The van der Waals surface area contributed by atoms with E-state index in [-0.39, 0.29) is 17.9 Å². The van der Waals surface area contributed by atoms with Crippen molar-refractivity contribution in [2.24, 2.45) is 16.8 Å². The van der Waals surface area contributed by atoms with Gasteiger partial charge in [0, 0.05) is 10.6 Å². The fraction of sp³-hybridized carbons (Fsp3) is 0.464. The molecule has 1 aliphatic carbocycles. The monoisotopic (exact) mass is 480 g/mol. The molecule has 1 atom stereocenters. The molecule has 2 aromatic carbocycles. The van der Waals surface area contributed by atoms with E-state index in [9.17, 15) is 9.59 Å². The van der Waals surface area contributed by atoms with E-state index < -0.39 is 5.66 Å². The zero-order chi connectivity index (χ0) is 24.5. The molecule has 2 aromatic rings. The summed E-state index contributed by atoms with van der Waals surface area (Å²) in [6.45, 7) is 6.65. The minimum atomic E-state index is -0.554. The van der Waals surface area contributed by atoms with Crippen LogP contribution in [-0.2, 0) is 9.53 Å². The zero-order valence-corrected chi connectivity index (χ0v) is 21.1. The summed E-state index contributed by atoms with van der Waals surface area (Å²) in [5, 5.41) is 0.592. The molecule has 4 rings (SSSR count). The van der Waals surface area contributed by atoms with Gasteiger partial charge in [0.2, 0.25) is 0 Å². The molecule has 2 aliphatic rings. The molecule has 0 N–H and O–H groups in total. The van der Waals surface area contributed by atoms with Gasteiger partial charge in [0.25, 0.3) is 5.91 Å². The maximum Gasteiger partial charge on any atom is 0.337 e. The quantitative estimate of drug-likeness (QED) is 0.446. The first-order chi connectivity index (χ1) is 16.3. The van der Waals surface area contributed by atoms with Gasteiger partial charge in [0.05, 0.1) is 18.7 Å². The number of benzene rings is 2. The molecular weight excluding hydrogens is 448 g/mol. The number of carbonyl (C=O) groups is 2. The van der Waals surface area contributed by atoms with Gasteiger partial charge in [-0.15, -0.1) is 0 Å². The van der Waals surface area contributed by atoms with E-state index in [1.54, 1.807) is 12.1 Å². The van der Waals surface area contributed by atoms with Crippen molar-refractivity contribution >= 4 is 29.2 Å². The molecule has 1 unspecified atom stereocenters. The second-order valence-corrected chi connectivity index (χ2v) is 10.2. The van der Waals surface area contributed by atoms with Gasteiger partial charge in [-0.1, -0.05) is 56.6 Å². The number of methoxy groups -OCH3 is 1. The molecule has 6 heteroatoms. The van der Waals surface area contributed by atoms with Crippen LogP contribution in [0.3, 0.4) is 0 Å². The molecule has 1 amide bonds. The van der Waals surface area contributed by atoms with Gasteiger partial charge in [0.15, 0.2) is 0 Å². The normalized spacial score (nSPS) is 23.4. The summed E-state index contributed by atoms with van der Waals surface area (Å²) < 4.78 is 4.84. The fourth-order valence-electron chi connectivity index (χ4n) is 5.52. The highest BCUT2D eigenvalue weighted by Crippen LogP contribution is 2.47. The Kier molecular flexibility index (Phi) is 7.13. The van der Waals surface area contributed by atoms with Crippen LogP contribution in [-0.4, -0.2) is 35.3 Å². The standard InChI is InChI=1S/C28H33ClN2O3/c1-5-24(20-9-11-21(12-10-20)27(33)34-4)31-26(32)25(22-7-6-8-23(29)17-22)30-28(31)15-13-19(14-16-28)18(2)3/h6-12,17-19,24H,5,13-16H2,1-4H3. The maximum atomic E-state index is 14.0. The van der Waals surface area contributed by atoms with Crippen molar-refractivity contribution in [3.8, 4) is 0 Å². The molecule has 1 spiro atoms. The third kappa shape index (κ3) is 4.50. The summed E-state index contributed by atoms with van der Waals surface area (Å²) in [7, 11) is 1.37. The number of hydrogen-bond donors (Lipinski definition) is 0. The molecule has 0 bridgehead atoms. The summed E-state index contributed by atoms with van der Waals surface area (Å²) in [6, 6.07) is 14.7. The second-order valence-electron chi connectivity index (χ2n) is 9.75. The molecule has 34 heavy (non-hydrogen) atoms. The number of rotatable bonds is 6. The lowest BCUT2D eigenvalue weighted by Crippen LogP contribution is -2.51. The Morgan fingerprint density at radius 2 is 1.85 bits per heavy atom. The molecule has 0 saturated heterocycles. The Bertz CT molecular complexity index is 1090. The van der Waals surface area contributed by atoms with E-state index in [2.05, 4.69) is 20.8 Å². The number of halogens is 1. The maximum absolute atomic E-state index is 14.0. The number of hydrogen-bond acceptors (Lipinski definition) is 4. The van der Waals surface area contributed by atoms with E-state index in [1.807, 2.05) is 41.3 Å². The molecule has 1 heterocycles. The van der Waals surface area contributed by atoms with Crippen molar-refractivity contribution in [3.05, 3.63) is 70.2 Å². The van der Waals surface area contributed by atoms with Crippen molar-refractivity contribution in [2.75, 3.05) is 7.11 Å². The molecule has 1 saturated carbocycles. The van der Waals surface area contributed by atoms with Crippen LogP contribution >= 0.6 is 11.6 Å². The molecule has 180 valence electrons. The number of aliphatic imine (C=N–C) groups is 1. The molecular formula is C28H33ClN2O3. The van der Waals surface area contributed by atoms with Crippen LogP contribution in [0.2, 0.25) is 5.02 Å². The van der Waals surface area contributed by atoms with Crippen LogP contribution in [0.25, 0.3) is 0 Å². The van der Waals surface area contributed by atoms with Crippen molar-refractivity contribution < 1.29 is 14.3 Å². The van der Waals surface area contributed by atoms with Crippen LogP contribution in [0, 0.1) is 11.8 Å². The number of carbonyl (C=O) groups excluding carboxylic acids is 2. The average molecular weight is 481 g/mol.